The summed E-state index contributed by atoms with van der Waals surface area (Å²) in [6, 6.07) is 5.25. The van der Waals surface area contributed by atoms with E-state index < -0.39 is 0 Å². The fourth-order valence-corrected chi connectivity index (χ4v) is 1.17. The molecular weight excluding hydrogens is 197 g/mol. The van der Waals surface area contributed by atoms with E-state index in [0.29, 0.717) is 12.0 Å². The summed E-state index contributed by atoms with van der Waals surface area (Å²) in [6.45, 7) is 1.84. The summed E-state index contributed by atoms with van der Waals surface area (Å²) in [6.07, 6.45) is 0.507. The van der Waals surface area contributed by atoms with Gasteiger partial charge in [-0.15, -0.1) is 0 Å². The highest BCUT2D eigenvalue weighted by atomic mass is 19.1. The van der Waals surface area contributed by atoms with Crippen LogP contribution in [0, 0.1) is 5.82 Å². The molecule has 0 aliphatic heterocycles. The minimum atomic E-state index is -0.366. The lowest BCUT2D eigenvalue weighted by Gasteiger charge is -2.12. The van der Waals surface area contributed by atoms with Crippen molar-refractivity contribution in [3.63, 3.8) is 0 Å². The monoisotopic (exact) mass is 211 g/mol. The summed E-state index contributed by atoms with van der Waals surface area (Å²) in [5, 5.41) is 11.4. The lowest BCUT2D eigenvalue weighted by atomic mass is 10.2. The van der Waals surface area contributed by atoms with E-state index in [9.17, 15) is 9.18 Å². The van der Waals surface area contributed by atoms with Crippen molar-refractivity contribution in [3.05, 3.63) is 35.6 Å². The van der Waals surface area contributed by atoms with E-state index in [-0.39, 0.29) is 24.4 Å². The minimum Gasteiger partial charge on any atom is -0.396 e. The van der Waals surface area contributed by atoms with Crippen molar-refractivity contribution >= 4 is 5.91 Å². The number of hydrogen-bond donors (Lipinski definition) is 2. The van der Waals surface area contributed by atoms with E-state index in [0.717, 1.165) is 0 Å². The Morgan fingerprint density at radius 2 is 2.07 bits per heavy atom. The Morgan fingerprint density at radius 3 is 2.60 bits per heavy atom. The van der Waals surface area contributed by atoms with E-state index in [1.807, 2.05) is 0 Å². The van der Waals surface area contributed by atoms with Gasteiger partial charge in [-0.3, -0.25) is 4.79 Å². The Labute approximate surface area is 87.9 Å². The number of aliphatic hydroxyl groups excluding tert-OH is 1. The smallest absolute Gasteiger partial charge is 0.251 e. The van der Waals surface area contributed by atoms with Gasteiger partial charge in [0, 0.05) is 18.2 Å². The number of hydrogen-bond acceptors (Lipinski definition) is 2. The molecule has 1 aromatic rings. The molecular formula is C11H14FNO2. The first-order valence-corrected chi connectivity index (χ1v) is 4.80. The molecule has 0 saturated carbocycles. The lowest BCUT2D eigenvalue weighted by molar-refractivity contribution is 0.0934. The number of rotatable bonds is 4. The van der Waals surface area contributed by atoms with Gasteiger partial charge in [0.2, 0.25) is 0 Å². The third-order valence-electron chi connectivity index (χ3n) is 2.05. The fraction of sp³-hybridized carbons (Fsp3) is 0.364. The van der Waals surface area contributed by atoms with Crippen molar-refractivity contribution < 1.29 is 14.3 Å². The molecule has 0 saturated heterocycles. The molecule has 1 aromatic carbocycles. The quantitative estimate of drug-likeness (QED) is 0.789. The first-order chi connectivity index (χ1) is 7.13. The van der Waals surface area contributed by atoms with Crippen LogP contribution in [0.1, 0.15) is 23.7 Å². The zero-order valence-corrected chi connectivity index (χ0v) is 8.53. The second kappa shape index (κ2) is 5.46. The van der Waals surface area contributed by atoms with Crippen LogP contribution in [0.5, 0.6) is 0 Å². The highest BCUT2D eigenvalue weighted by Gasteiger charge is 2.08. The van der Waals surface area contributed by atoms with Crippen molar-refractivity contribution in [1.82, 2.24) is 5.32 Å². The topological polar surface area (TPSA) is 49.3 Å². The Balaban J connectivity index is 2.57. The van der Waals surface area contributed by atoms with Gasteiger partial charge in [0.1, 0.15) is 5.82 Å². The molecule has 82 valence electrons. The van der Waals surface area contributed by atoms with Gasteiger partial charge >= 0.3 is 0 Å². The molecule has 4 heteroatoms. The van der Waals surface area contributed by atoms with Gasteiger partial charge in [0.05, 0.1) is 0 Å². The van der Waals surface area contributed by atoms with E-state index in [2.05, 4.69) is 5.32 Å². The molecule has 2 N–H and O–H groups in total. The minimum absolute atomic E-state index is 0.0326. The van der Waals surface area contributed by atoms with E-state index >= 15 is 0 Å². The van der Waals surface area contributed by atoms with Crippen molar-refractivity contribution in [2.24, 2.45) is 0 Å². The third kappa shape index (κ3) is 3.67. The van der Waals surface area contributed by atoms with Gasteiger partial charge in [-0.1, -0.05) is 0 Å². The Bertz CT molecular complexity index is 324. The van der Waals surface area contributed by atoms with Crippen LogP contribution in [0.3, 0.4) is 0 Å². The average molecular weight is 211 g/mol. The van der Waals surface area contributed by atoms with E-state index in [1.54, 1.807) is 6.92 Å². The molecule has 1 rings (SSSR count). The number of benzene rings is 1. The Kier molecular flexibility index (Phi) is 4.24. The Hall–Kier alpha value is -1.42. The number of amides is 1. The zero-order chi connectivity index (χ0) is 11.3. The van der Waals surface area contributed by atoms with Crippen LogP contribution >= 0.6 is 0 Å². The van der Waals surface area contributed by atoms with Crippen molar-refractivity contribution in [2.75, 3.05) is 6.61 Å². The van der Waals surface area contributed by atoms with Crippen LogP contribution in [0.15, 0.2) is 24.3 Å². The summed E-state index contributed by atoms with van der Waals surface area (Å²) in [5.74, 6) is -0.620. The van der Waals surface area contributed by atoms with Crippen LogP contribution in [0.4, 0.5) is 4.39 Å². The van der Waals surface area contributed by atoms with Gasteiger partial charge in [0.25, 0.3) is 5.91 Å². The second-order valence-corrected chi connectivity index (χ2v) is 3.39. The summed E-state index contributed by atoms with van der Waals surface area (Å²) in [4.78, 5) is 11.5. The molecule has 1 atom stereocenters. The number of carbonyl (C=O) groups is 1. The molecule has 0 bridgehead atoms. The van der Waals surface area contributed by atoms with E-state index in [4.69, 9.17) is 5.11 Å². The lowest BCUT2D eigenvalue weighted by Crippen LogP contribution is -2.33. The second-order valence-electron chi connectivity index (χ2n) is 3.39. The standard InChI is InChI=1S/C11H14FNO2/c1-8(6-7-14)13-11(15)9-2-4-10(12)5-3-9/h2-5,8,14H,6-7H2,1H3,(H,13,15). The van der Waals surface area contributed by atoms with Crippen molar-refractivity contribution in [2.45, 2.75) is 19.4 Å². The van der Waals surface area contributed by atoms with Crippen molar-refractivity contribution in [1.29, 1.82) is 0 Å². The zero-order valence-electron chi connectivity index (χ0n) is 8.53. The highest BCUT2D eigenvalue weighted by Crippen LogP contribution is 2.03. The predicted octanol–water partition coefficient (Wildman–Crippen LogP) is 1.33. The maximum atomic E-state index is 12.6. The molecule has 0 aliphatic rings. The van der Waals surface area contributed by atoms with Gasteiger partial charge in [-0.2, -0.15) is 0 Å². The third-order valence-corrected chi connectivity index (χ3v) is 2.05. The predicted molar refractivity (Wildman–Crippen MR) is 55.0 cm³/mol. The first kappa shape index (κ1) is 11.7. The van der Waals surface area contributed by atoms with Crippen LogP contribution in [-0.2, 0) is 0 Å². The van der Waals surface area contributed by atoms with Crippen LogP contribution < -0.4 is 5.32 Å². The molecule has 0 fully saturated rings. The van der Waals surface area contributed by atoms with Gasteiger partial charge in [0.15, 0.2) is 0 Å². The summed E-state index contributed by atoms with van der Waals surface area (Å²) in [7, 11) is 0. The van der Waals surface area contributed by atoms with Gasteiger partial charge < -0.3 is 10.4 Å². The number of aliphatic hydroxyl groups is 1. The summed E-state index contributed by atoms with van der Waals surface area (Å²) >= 11 is 0. The number of halogens is 1. The molecule has 0 radical (unpaired) electrons. The highest BCUT2D eigenvalue weighted by molar-refractivity contribution is 5.94. The molecule has 3 nitrogen and oxygen atoms in total. The fourth-order valence-electron chi connectivity index (χ4n) is 1.17. The van der Waals surface area contributed by atoms with Crippen LogP contribution in [0.25, 0.3) is 0 Å². The molecule has 0 heterocycles. The molecule has 15 heavy (non-hydrogen) atoms. The first-order valence-electron chi connectivity index (χ1n) is 4.80. The summed E-state index contributed by atoms with van der Waals surface area (Å²) in [5.41, 5.74) is 0.418. The molecule has 0 aromatic heterocycles. The summed E-state index contributed by atoms with van der Waals surface area (Å²) < 4.78 is 12.6. The Morgan fingerprint density at radius 1 is 1.47 bits per heavy atom. The van der Waals surface area contributed by atoms with E-state index in [1.165, 1.54) is 24.3 Å². The normalized spacial score (nSPS) is 12.2. The SMILES string of the molecule is CC(CCO)NC(=O)c1ccc(F)cc1. The van der Waals surface area contributed by atoms with Crippen molar-refractivity contribution in [3.8, 4) is 0 Å². The largest absolute Gasteiger partial charge is 0.396 e. The molecule has 0 aliphatic carbocycles. The maximum absolute atomic E-state index is 12.6. The maximum Gasteiger partial charge on any atom is 0.251 e. The van der Waals surface area contributed by atoms with Gasteiger partial charge in [-0.25, -0.2) is 4.39 Å². The van der Waals surface area contributed by atoms with Crippen LogP contribution in [-0.4, -0.2) is 23.7 Å². The number of nitrogens with one attached hydrogen (secondary N) is 1. The average Bonchev–Trinajstić information content (AvgIpc) is 2.18. The number of carbonyl (C=O) groups excluding carboxylic acids is 1. The molecule has 1 amide bonds. The van der Waals surface area contributed by atoms with Crippen LogP contribution in [0.2, 0.25) is 0 Å². The van der Waals surface area contributed by atoms with Gasteiger partial charge in [-0.05, 0) is 37.6 Å². The molecule has 1 unspecified atom stereocenters. The molecule has 0 spiro atoms.